The number of hydrogen-bond donors (Lipinski definition) is 2. The fourth-order valence-electron chi connectivity index (χ4n) is 3.65. The molecule has 4 heteroatoms. The third-order valence-electron chi connectivity index (χ3n) is 4.94. The van der Waals surface area contributed by atoms with Crippen molar-refractivity contribution in [3.8, 4) is 0 Å². The lowest BCUT2D eigenvalue weighted by Crippen LogP contribution is -2.31. The van der Waals surface area contributed by atoms with Gasteiger partial charge in [-0.25, -0.2) is 0 Å². The Hall–Kier alpha value is -1.39. The number of anilines is 1. The van der Waals surface area contributed by atoms with E-state index in [-0.39, 0.29) is 12.0 Å². The van der Waals surface area contributed by atoms with Crippen molar-refractivity contribution in [1.29, 1.82) is 0 Å². The van der Waals surface area contributed by atoms with Gasteiger partial charge in [0.25, 0.3) is 0 Å². The fraction of sp³-hybridized carbons (Fsp3) is 0.611. The fourth-order valence-corrected chi connectivity index (χ4v) is 3.65. The van der Waals surface area contributed by atoms with E-state index in [1.807, 2.05) is 24.0 Å². The highest BCUT2D eigenvalue weighted by Gasteiger charge is 2.27. The molecule has 22 heavy (non-hydrogen) atoms. The van der Waals surface area contributed by atoms with Crippen LogP contribution in [0.15, 0.2) is 18.2 Å². The number of hydrogen-bond acceptors (Lipinski definition) is 3. The van der Waals surface area contributed by atoms with Crippen molar-refractivity contribution < 1.29 is 9.90 Å². The smallest absolute Gasteiger partial charge is 0.226 e. The molecule has 2 N–H and O–H groups in total. The van der Waals surface area contributed by atoms with E-state index >= 15 is 0 Å². The number of nitrogens with one attached hydrogen (secondary N) is 1. The Bertz CT molecular complexity index is 538. The lowest BCUT2D eigenvalue weighted by molar-refractivity contribution is -0.118. The van der Waals surface area contributed by atoms with Crippen LogP contribution in [-0.2, 0) is 11.2 Å². The Kier molecular flexibility index (Phi) is 4.79. The molecule has 0 bridgehead atoms. The molecule has 1 atom stereocenters. The SMILES string of the molecule is CCCC(=O)N1CCc2cc(C(O)C3CCNCC3)ccc21. The summed E-state index contributed by atoms with van der Waals surface area (Å²) in [6.45, 7) is 4.80. The largest absolute Gasteiger partial charge is 0.388 e. The first-order valence-corrected chi connectivity index (χ1v) is 8.52. The van der Waals surface area contributed by atoms with Crippen LogP contribution in [0.2, 0.25) is 0 Å². The molecular weight excluding hydrogens is 276 g/mol. The van der Waals surface area contributed by atoms with Gasteiger partial charge in [0.15, 0.2) is 0 Å². The number of benzene rings is 1. The molecule has 2 aliphatic heterocycles. The number of nitrogens with zero attached hydrogens (tertiary/aromatic N) is 1. The molecule has 0 radical (unpaired) electrons. The van der Waals surface area contributed by atoms with E-state index in [2.05, 4.69) is 11.4 Å². The van der Waals surface area contributed by atoms with Crippen LogP contribution in [0, 0.1) is 5.92 Å². The van der Waals surface area contributed by atoms with Crippen LogP contribution in [0.5, 0.6) is 0 Å². The molecule has 2 aliphatic rings. The van der Waals surface area contributed by atoms with Crippen molar-refractivity contribution in [3.05, 3.63) is 29.3 Å². The van der Waals surface area contributed by atoms with Crippen LogP contribution in [0.3, 0.4) is 0 Å². The van der Waals surface area contributed by atoms with Crippen molar-refractivity contribution in [3.63, 3.8) is 0 Å². The van der Waals surface area contributed by atoms with Crippen LogP contribution in [0.4, 0.5) is 5.69 Å². The second-order valence-electron chi connectivity index (χ2n) is 6.47. The molecule has 1 saturated heterocycles. The Morgan fingerprint density at radius 1 is 1.41 bits per heavy atom. The summed E-state index contributed by atoms with van der Waals surface area (Å²) in [5, 5.41) is 14.0. The van der Waals surface area contributed by atoms with Crippen LogP contribution < -0.4 is 10.2 Å². The normalized spacial score (nSPS) is 20.0. The lowest BCUT2D eigenvalue weighted by atomic mass is 9.87. The quantitative estimate of drug-likeness (QED) is 0.898. The third-order valence-corrected chi connectivity index (χ3v) is 4.94. The summed E-state index contributed by atoms with van der Waals surface area (Å²) >= 11 is 0. The number of aliphatic hydroxyl groups excluding tert-OH is 1. The molecule has 1 aromatic rings. The van der Waals surface area contributed by atoms with Gasteiger partial charge in [-0.1, -0.05) is 19.1 Å². The molecule has 1 unspecified atom stereocenters. The predicted octanol–water partition coefficient (Wildman–Crippen LogP) is 2.41. The molecule has 0 spiro atoms. The molecule has 3 rings (SSSR count). The second kappa shape index (κ2) is 6.80. The number of amides is 1. The number of fused-ring (bicyclic) bond motifs is 1. The maximum absolute atomic E-state index is 12.1. The summed E-state index contributed by atoms with van der Waals surface area (Å²) in [6, 6.07) is 6.14. The van der Waals surface area contributed by atoms with Gasteiger partial charge >= 0.3 is 0 Å². The first-order valence-electron chi connectivity index (χ1n) is 8.52. The summed E-state index contributed by atoms with van der Waals surface area (Å²) in [5.74, 6) is 0.562. The van der Waals surface area contributed by atoms with Crippen LogP contribution >= 0.6 is 0 Å². The van der Waals surface area contributed by atoms with Crippen molar-refractivity contribution in [2.75, 3.05) is 24.5 Å². The van der Waals surface area contributed by atoms with Gasteiger partial charge in [0, 0.05) is 18.7 Å². The Labute approximate surface area is 132 Å². The molecule has 120 valence electrons. The minimum absolute atomic E-state index is 0.216. The Morgan fingerprint density at radius 2 is 2.18 bits per heavy atom. The van der Waals surface area contributed by atoms with Gasteiger partial charge in [-0.05, 0) is 61.9 Å². The highest BCUT2D eigenvalue weighted by Crippen LogP contribution is 2.34. The second-order valence-corrected chi connectivity index (χ2v) is 6.47. The first-order chi connectivity index (χ1) is 10.7. The van der Waals surface area contributed by atoms with Gasteiger partial charge in [0.2, 0.25) is 5.91 Å². The number of piperidine rings is 1. The van der Waals surface area contributed by atoms with Gasteiger partial charge in [-0.15, -0.1) is 0 Å². The molecule has 1 amide bonds. The monoisotopic (exact) mass is 302 g/mol. The van der Waals surface area contributed by atoms with Gasteiger partial charge in [0.05, 0.1) is 6.10 Å². The highest BCUT2D eigenvalue weighted by molar-refractivity contribution is 5.95. The van der Waals surface area contributed by atoms with Crippen LogP contribution in [0.25, 0.3) is 0 Å². The summed E-state index contributed by atoms with van der Waals surface area (Å²) < 4.78 is 0. The summed E-state index contributed by atoms with van der Waals surface area (Å²) in [7, 11) is 0. The number of carbonyl (C=O) groups excluding carboxylic acids is 1. The van der Waals surface area contributed by atoms with Gasteiger partial charge in [-0.3, -0.25) is 4.79 Å². The van der Waals surface area contributed by atoms with E-state index in [1.165, 1.54) is 5.56 Å². The Balaban J connectivity index is 1.76. The highest BCUT2D eigenvalue weighted by atomic mass is 16.3. The van der Waals surface area contributed by atoms with Gasteiger partial charge in [-0.2, -0.15) is 0 Å². The van der Waals surface area contributed by atoms with Crippen LogP contribution in [-0.4, -0.2) is 30.6 Å². The van der Waals surface area contributed by atoms with Crippen molar-refractivity contribution >= 4 is 11.6 Å². The van der Waals surface area contributed by atoms with Crippen molar-refractivity contribution in [1.82, 2.24) is 5.32 Å². The predicted molar refractivity (Wildman–Crippen MR) is 88.0 cm³/mol. The maximum Gasteiger partial charge on any atom is 0.226 e. The maximum atomic E-state index is 12.1. The molecule has 2 heterocycles. The average Bonchev–Trinajstić information content (AvgIpc) is 2.98. The van der Waals surface area contributed by atoms with Crippen molar-refractivity contribution in [2.45, 2.75) is 45.1 Å². The topological polar surface area (TPSA) is 52.6 Å². The van der Waals surface area contributed by atoms with Crippen molar-refractivity contribution in [2.24, 2.45) is 5.92 Å². The summed E-state index contributed by atoms with van der Waals surface area (Å²) in [4.78, 5) is 14.0. The zero-order chi connectivity index (χ0) is 15.5. The van der Waals surface area contributed by atoms with Gasteiger partial charge in [0.1, 0.15) is 0 Å². The minimum Gasteiger partial charge on any atom is -0.388 e. The molecule has 1 aromatic carbocycles. The standard InChI is InChI=1S/C18H26N2O2/c1-2-3-17(21)20-11-8-14-12-15(4-5-16(14)20)18(22)13-6-9-19-10-7-13/h4-5,12-13,18-19,22H,2-3,6-11H2,1H3. The minimum atomic E-state index is -0.382. The first kappa shape index (κ1) is 15.5. The zero-order valence-corrected chi connectivity index (χ0v) is 13.3. The molecular formula is C18H26N2O2. The third kappa shape index (κ3) is 3.03. The van der Waals surface area contributed by atoms with Gasteiger partial charge < -0.3 is 15.3 Å². The lowest BCUT2D eigenvalue weighted by Gasteiger charge is -2.28. The van der Waals surface area contributed by atoms with E-state index in [4.69, 9.17) is 0 Å². The molecule has 0 saturated carbocycles. The molecule has 1 fully saturated rings. The molecule has 4 nitrogen and oxygen atoms in total. The number of rotatable bonds is 4. The zero-order valence-electron chi connectivity index (χ0n) is 13.3. The molecule has 0 aliphatic carbocycles. The van der Waals surface area contributed by atoms with E-state index in [1.54, 1.807) is 0 Å². The number of carbonyl (C=O) groups is 1. The van der Waals surface area contributed by atoms with E-state index in [9.17, 15) is 9.90 Å². The van der Waals surface area contributed by atoms with E-state index in [0.717, 1.165) is 56.6 Å². The number of aliphatic hydroxyl groups is 1. The van der Waals surface area contributed by atoms with E-state index in [0.29, 0.717) is 12.3 Å². The summed E-state index contributed by atoms with van der Waals surface area (Å²) in [5.41, 5.74) is 3.25. The Morgan fingerprint density at radius 3 is 2.91 bits per heavy atom. The molecule has 0 aromatic heterocycles. The average molecular weight is 302 g/mol. The summed E-state index contributed by atoms with van der Waals surface area (Å²) in [6.07, 6.45) is 4.07. The van der Waals surface area contributed by atoms with E-state index < -0.39 is 0 Å². The van der Waals surface area contributed by atoms with Crippen LogP contribution in [0.1, 0.15) is 49.8 Å².